The minimum Gasteiger partial charge on any atom is -0.496 e. The summed E-state index contributed by atoms with van der Waals surface area (Å²) < 4.78 is 11.2. The monoisotopic (exact) mass is 424 g/mol. The van der Waals surface area contributed by atoms with E-state index in [1.807, 2.05) is 25.1 Å². The number of nitrogens with one attached hydrogen (secondary N) is 1. The number of rotatable bonds is 5. The highest BCUT2D eigenvalue weighted by Crippen LogP contribution is 2.21. The number of hydrazone groups is 1. The molecule has 0 aliphatic heterocycles. The summed E-state index contributed by atoms with van der Waals surface area (Å²) in [5.41, 5.74) is 4.93. The molecule has 0 fully saturated rings. The molecule has 5 nitrogen and oxygen atoms in total. The van der Waals surface area contributed by atoms with Gasteiger partial charge >= 0.3 is 0 Å². The summed E-state index contributed by atoms with van der Waals surface area (Å²) in [6.07, 6.45) is 1.60. The number of nitrogens with zero attached hydrogens (tertiary/aromatic N) is 1. The van der Waals surface area contributed by atoms with Crippen LogP contribution in [0.2, 0.25) is 0 Å². The third-order valence-corrected chi connectivity index (χ3v) is 4.06. The van der Waals surface area contributed by atoms with Gasteiger partial charge in [-0.2, -0.15) is 5.10 Å². The maximum absolute atomic E-state index is 12.1. The Balaban J connectivity index is 2.03. The maximum Gasteiger partial charge on any atom is 0.271 e. The molecule has 2 rings (SSSR count). The van der Waals surface area contributed by atoms with Crippen molar-refractivity contribution in [2.45, 2.75) is 6.92 Å². The minimum absolute atomic E-state index is 0.271. The lowest BCUT2D eigenvalue weighted by Gasteiger charge is -2.06. The van der Waals surface area contributed by atoms with Crippen molar-refractivity contribution in [2.24, 2.45) is 5.10 Å². The first kappa shape index (κ1) is 17.3. The van der Waals surface area contributed by atoms with Gasteiger partial charge in [0.1, 0.15) is 11.5 Å². The molecule has 0 saturated heterocycles. The highest BCUT2D eigenvalue weighted by atomic mass is 127. The van der Waals surface area contributed by atoms with Crippen molar-refractivity contribution in [2.75, 3.05) is 14.2 Å². The van der Waals surface area contributed by atoms with Gasteiger partial charge in [-0.25, -0.2) is 5.43 Å². The molecule has 6 heteroatoms. The molecule has 0 aliphatic carbocycles. The number of halogens is 1. The minimum atomic E-state index is -0.271. The van der Waals surface area contributed by atoms with Crippen molar-refractivity contribution in [1.29, 1.82) is 0 Å². The summed E-state index contributed by atoms with van der Waals surface area (Å²) in [6.45, 7) is 1.95. The Labute approximate surface area is 148 Å². The summed E-state index contributed by atoms with van der Waals surface area (Å²) in [5.74, 6) is 1.28. The van der Waals surface area contributed by atoms with Gasteiger partial charge in [0.2, 0.25) is 0 Å². The van der Waals surface area contributed by atoms with E-state index < -0.39 is 0 Å². The van der Waals surface area contributed by atoms with Gasteiger partial charge in [-0.1, -0.05) is 0 Å². The van der Waals surface area contributed by atoms with E-state index in [2.05, 4.69) is 33.1 Å². The third kappa shape index (κ3) is 4.44. The van der Waals surface area contributed by atoms with Gasteiger partial charge in [0.15, 0.2) is 0 Å². The van der Waals surface area contributed by atoms with Crippen LogP contribution in [-0.4, -0.2) is 26.3 Å². The van der Waals surface area contributed by atoms with Crippen molar-refractivity contribution >= 4 is 34.7 Å². The second kappa shape index (κ2) is 7.96. The largest absolute Gasteiger partial charge is 0.496 e. The average molecular weight is 424 g/mol. The number of benzene rings is 2. The number of methoxy groups -OCH3 is 2. The molecule has 0 unspecified atom stereocenters. The lowest BCUT2D eigenvalue weighted by Crippen LogP contribution is -2.17. The highest BCUT2D eigenvalue weighted by Gasteiger charge is 2.07. The van der Waals surface area contributed by atoms with Crippen LogP contribution in [-0.2, 0) is 0 Å². The molecule has 2 aromatic rings. The predicted molar refractivity (Wildman–Crippen MR) is 98.5 cm³/mol. The zero-order valence-corrected chi connectivity index (χ0v) is 15.2. The molecule has 1 N–H and O–H groups in total. The van der Waals surface area contributed by atoms with E-state index in [9.17, 15) is 4.79 Å². The first-order valence-corrected chi connectivity index (χ1v) is 7.94. The van der Waals surface area contributed by atoms with Crippen LogP contribution in [0.3, 0.4) is 0 Å². The van der Waals surface area contributed by atoms with Crippen LogP contribution in [0.5, 0.6) is 11.5 Å². The number of ether oxygens (including phenoxy) is 2. The molecule has 120 valence electrons. The van der Waals surface area contributed by atoms with Crippen molar-refractivity contribution in [3.63, 3.8) is 0 Å². The van der Waals surface area contributed by atoms with Crippen molar-refractivity contribution < 1.29 is 14.3 Å². The Morgan fingerprint density at radius 1 is 1.13 bits per heavy atom. The Hall–Kier alpha value is -2.09. The van der Waals surface area contributed by atoms with Crippen molar-refractivity contribution in [3.05, 3.63) is 56.7 Å². The zero-order valence-electron chi connectivity index (χ0n) is 13.1. The molecular weight excluding hydrogens is 407 g/mol. The topological polar surface area (TPSA) is 59.9 Å². The van der Waals surface area contributed by atoms with E-state index in [1.54, 1.807) is 38.6 Å². The van der Waals surface area contributed by atoms with Crippen molar-refractivity contribution in [1.82, 2.24) is 5.43 Å². The van der Waals surface area contributed by atoms with E-state index in [1.165, 1.54) is 0 Å². The highest BCUT2D eigenvalue weighted by molar-refractivity contribution is 14.1. The zero-order chi connectivity index (χ0) is 16.8. The van der Waals surface area contributed by atoms with E-state index in [4.69, 9.17) is 9.47 Å². The second-order valence-corrected chi connectivity index (χ2v) is 5.94. The lowest BCUT2D eigenvalue weighted by atomic mass is 10.1. The van der Waals surface area contributed by atoms with Gasteiger partial charge in [0, 0.05) is 5.56 Å². The van der Waals surface area contributed by atoms with Gasteiger partial charge in [0.05, 0.1) is 24.0 Å². The fourth-order valence-electron chi connectivity index (χ4n) is 2.02. The Morgan fingerprint density at radius 3 is 2.43 bits per heavy atom. The number of aryl methyl sites for hydroxylation is 1. The molecule has 0 aromatic heterocycles. The number of carbonyl (C=O) groups excluding carboxylic acids is 1. The average Bonchev–Trinajstić information content (AvgIpc) is 2.54. The molecule has 23 heavy (non-hydrogen) atoms. The molecule has 2 aromatic carbocycles. The maximum atomic E-state index is 12.1. The molecule has 0 radical (unpaired) electrons. The normalized spacial score (nSPS) is 10.6. The Kier molecular flexibility index (Phi) is 5.97. The summed E-state index contributed by atoms with van der Waals surface area (Å²) in [7, 11) is 3.23. The molecular formula is C17H17IN2O3. The van der Waals surface area contributed by atoms with Crippen LogP contribution in [0.25, 0.3) is 0 Å². The number of amides is 1. The first-order valence-electron chi connectivity index (χ1n) is 6.86. The van der Waals surface area contributed by atoms with Gasteiger partial charge in [-0.05, 0) is 77.0 Å². The number of hydrogen-bond donors (Lipinski definition) is 1. The van der Waals surface area contributed by atoms with Gasteiger partial charge in [-0.15, -0.1) is 0 Å². The fourth-order valence-corrected chi connectivity index (χ4v) is 2.76. The molecule has 0 aliphatic rings. The van der Waals surface area contributed by atoms with Gasteiger partial charge < -0.3 is 9.47 Å². The molecule has 1 amide bonds. The van der Waals surface area contributed by atoms with E-state index in [0.29, 0.717) is 5.56 Å². The predicted octanol–water partition coefficient (Wildman–Crippen LogP) is 3.38. The van der Waals surface area contributed by atoms with Crippen LogP contribution in [0, 0.1) is 10.5 Å². The smallest absolute Gasteiger partial charge is 0.271 e. The lowest BCUT2D eigenvalue weighted by molar-refractivity contribution is 0.0955. The number of carbonyl (C=O) groups is 1. The van der Waals surface area contributed by atoms with Crippen molar-refractivity contribution in [3.8, 4) is 11.5 Å². The van der Waals surface area contributed by atoms with Crippen LogP contribution < -0.4 is 14.9 Å². The summed E-state index contributed by atoms with van der Waals surface area (Å²) in [5, 5.41) is 3.99. The van der Waals surface area contributed by atoms with Crippen LogP contribution in [0.4, 0.5) is 0 Å². The standard InChI is InChI=1S/C17H17IN2O3/c1-11-8-12(4-6-15(11)22-2)10-19-20-17(21)13-5-7-16(23-3)14(18)9-13/h4-10H,1-3H3,(H,20,21)/b19-10+. The quantitative estimate of drug-likeness (QED) is 0.455. The Morgan fingerprint density at radius 2 is 1.83 bits per heavy atom. The van der Waals surface area contributed by atoms with Crippen LogP contribution >= 0.6 is 22.6 Å². The molecule has 0 heterocycles. The Bertz CT molecular complexity index is 745. The molecule has 0 atom stereocenters. The SMILES string of the molecule is COc1ccc(/C=N/NC(=O)c2ccc(OC)c(I)c2)cc1C. The van der Waals surface area contributed by atoms with Gasteiger partial charge in [-0.3, -0.25) is 4.79 Å². The summed E-state index contributed by atoms with van der Waals surface area (Å²) in [4.78, 5) is 12.1. The van der Waals surface area contributed by atoms with Crippen LogP contribution in [0.15, 0.2) is 41.5 Å². The summed E-state index contributed by atoms with van der Waals surface area (Å²) in [6, 6.07) is 10.9. The molecule has 0 spiro atoms. The second-order valence-electron chi connectivity index (χ2n) is 4.78. The molecule has 0 bridgehead atoms. The fraction of sp³-hybridized carbons (Fsp3) is 0.176. The van der Waals surface area contributed by atoms with E-state index in [-0.39, 0.29) is 5.91 Å². The van der Waals surface area contributed by atoms with E-state index in [0.717, 1.165) is 26.2 Å². The molecule has 0 saturated carbocycles. The summed E-state index contributed by atoms with van der Waals surface area (Å²) >= 11 is 2.12. The number of hydrogen-bond acceptors (Lipinski definition) is 4. The van der Waals surface area contributed by atoms with E-state index >= 15 is 0 Å². The van der Waals surface area contributed by atoms with Crippen LogP contribution in [0.1, 0.15) is 21.5 Å². The first-order chi connectivity index (χ1) is 11.0. The third-order valence-electron chi connectivity index (χ3n) is 3.21. The van der Waals surface area contributed by atoms with Gasteiger partial charge in [0.25, 0.3) is 5.91 Å².